The van der Waals surface area contributed by atoms with E-state index in [4.69, 9.17) is 4.74 Å². The number of methoxy groups -OCH3 is 1. The zero-order valence-corrected chi connectivity index (χ0v) is 15.9. The van der Waals surface area contributed by atoms with Gasteiger partial charge >= 0.3 is 0 Å². The molecule has 0 amide bonds. The molecule has 4 rings (SSSR count). The van der Waals surface area contributed by atoms with Crippen molar-refractivity contribution in [3.8, 4) is 28.0 Å². The Labute approximate surface area is 164 Å². The lowest BCUT2D eigenvalue weighted by molar-refractivity contribution is 0.416. The van der Waals surface area contributed by atoms with Crippen molar-refractivity contribution in [1.82, 2.24) is 0 Å². The maximum Gasteiger partial charge on any atom is 0.127 e. The van der Waals surface area contributed by atoms with Crippen molar-refractivity contribution in [2.45, 2.75) is 9.79 Å². The van der Waals surface area contributed by atoms with Gasteiger partial charge in [0.05, 0.1) is 7.11 Å². The quantitative estimate of drug-likeness (QED) is 0.369. The molecule has 0 saturated carbocycles. The smallest absolute Gasteiger partial charge is 0.127 e. The summed E-state index contributed by atoms with van der Waals surface area (Å²) in [6.45, 7) is 0. The molecule has 1 nitrogen and oxygen atoms in total. The van der Waals surface area contributed by atoms with Crippen LogP contribution in [0.15, 0.2) is 113 Å². The molecule has 0 heterocycles. The van der Waals surface area contributed by atoms with Gasteiger partial charge in [-0.15, -0.1) is 0 Å². The highest BCUT2D eigenvalue weighted by molar-refractivity contribution is 7.99. The van der Waals surface area contributed by atoms with Gasteiger partial charge in [-0.2, -0.15) is 0 Å². The van der Waals surface area contributed by atoms with E-state index in [1.807, 2.05) is 12.1 Å². The molecular weight excluding hydrogens is 348 g/mol. The third kappa shape index (κ3) is 3.76. The molecule has 2 heteroatoms. The zero-order valence-electron chi connectivity index (χ0n) is 15.1. The molecule has 0 fully saturated rings. The molecule has 4 aromatic carbocycles. The third-order valence-corrected chi connectivity index (χ3v) is 5.51. The Bertz CT molecular complexity index is 1010. The third-order valence-electron chi connectivity index (χ3n) is 4.44. The van der Waals surface area contributed by atoms with Crippen LogP contribution < -0.4 is 4.74 Å². The van der Waals surface area contributed by atoms with Crippen LogP contribution in [0, 0.1) is 0 Å². The standard InChI is InChI=1S/C25H20OS/c1-26-22-17-18-23(27-21-15-9-4-10-16-21)25(20-13-7-3-8-14-20)24(22)19-11-5-2-6-12-19/h2-18H,1H3. The van der Waals surface area contributed by atoms with Crippen LogP contribution >= 0.6 is 11.8 Å². The van der Waals surface area contributed by atoms with E-state index in [9.17, 15) is 0 Å². The van der Waals surface area contributed by atoms with Crippen LogP contribution in [0.5, 0.6) is 5.75 Å². The Hall–Kier alpha value is -2.97. The van der Waals surface area contributed by atoms with Gasteiger partial charge in [0.1, 0.15) is 5.75 Å². The average Bonchev–Trinajstić information content (AvgIpc) is 2.75. The summed E-state index contributed by atoms with van der Waals surface area (Å²) in [7, 11) is 1.74. The van der Waals surface area contributed by atoms with Gasteiger partial charge in [-0.25, -0.2) is 0 Å². The lowest BCUT2D eigenvalue weighted by Gasteiger charge is -2.19. The van der Waals surface area contributed by atoms with E-state index in [0.717, 1.165) is 16.9 Å². The molecule has 0 aliphatic rings. The maximum absolute atomic E-state index is 5.76. The Morgan fingerprint density at radius 3 is 1.63 bits per heavy atom. The van der Waals surface area contributed by atoms with Crippen molar-refractivity contribution in [1.29, 1.82) is 0 Å². The van der Waals surface area contributed by atoms with Gasteiger partial charge in [0, 0.05) is 20.9 Å². The second kappa shape index (κ2) is 8.15. The molecule has 0 aromatic heterocycles. The molecule has 4 aromatic rings. The summed E-state index contributed by atoms with van der Waals surface area (Å²) in [6.07, 6.45) is 0. The van der Waals surface area contributed by atoms with Gasteiger partial charge in [0.15, 0.2) is 0 Å². The van der Waals surface area contributed by atoms with Crippen LogP contribution in [-0.2, 0) is 0 Å². The van der Waals surface area contributed by atoms with Crippen molar-refractivity contribution < 1.29 is 4.74 Å². The van der Waals surface area contributed by atoms with E-state index >= 15 is 0 Å². The number of benzene rings is 4. The molecule has 0 aliphatic carbocycles. The van der Waals surface area contributed by atoms with E-state index in [0.29, 0.717) is 0 Å². The molecule has 0 bridgehead atoms. The maximum atomic E-state index is 5.76. The van der Waals surface area contributed by atoms with E-state index in [1.165, 1.54) is 20.9 Å². The van der Waals surface area contributed by atoms with Crippen molar-refractivity contribution in [3.05, 3.63) is 103 Å². The summed E-state index contributed by atoms with van der Waals surface area (Å²) < 4.78 is 5.76. The predicted molar refractivity (Wildman–Crippen MR) is 114 cm³/mol. The second-order valence-corrected chi connectivity index (χ2v) is 7.28. The van der Waals surface area contributed by atoms with Gasteiger partial charge < -0.3 is 4.74 Å². The summed E-state index contributed by atoms with van der Waals surface area (Å²) in [5.41, 5.74) is 4.68. The molecule has 0 spiro atoms. The topological polar surface area (TPSA) is 9.23 Å². The highest BCUT2D eigenvalue weighted by Crippen LogP contribution is 2.46. The minimum absolute atomic E-state index is 0.887. The highest BCUT2D eigenvalue weighted by atomic mass is 32.2. The summed E-state index contributed by atoms with van der Waals surface area (Å²) in [4.78, 5) is 2.44. The number of ether oxygens (including phenoxy) is 1. The largest absolute Gasteiger partial charge is 0.496 e. The van der Waals surface area contributed by atoms with Crippen molar-refractivity contribution in [3.63, 3.8) is 0 Å². The number of hydrogen-bond donors (Lipinski definition) is 0. The first-order valence-corrected chi connectivity index (χ1v) is 9.73. The summed E-state index contributed by atoms with van der Waals surface area (Å²) in [5, 5.41) is 0. The predicted octanol–water partition coefficient (Wildman–Crippen LogP) is 7.18. The van der Waals surface area contributed by atoms with Gasteiger partial charge in [-0.1, -0.05) is 90.6 Å². The van der Waals surface area contributed by atoms with Gasteiger partial charge in [-0.3, -0.25) is 0 Å². The van der Waals surface area contributed by atoms with E-state index in [-0.39, 0.29) is 0 Å². The molecule has 0 radical (unpaired) electrons. The number of rotatable bonds is 5. The minimum Gasteiger partial charge on any atom is -0.496 e. The molecule has 0 unspecified atom stereocenters. The SMILES string of the molecule is COc1ccc(Sc2ccccc2)c(-c2ccccc2)c1-c1ccccc1. The molecule has 0 atom stereocenters. The molecular formula is C25H20OS. The van der Waals surface area contributed by atoms with Gasteiger partial charge in [-0.05, 0) is 35.4 Å². The normalized spacial score (nSPS) is 10.6. The molecule has 0 N–H and O–H groups in total. The lowest BCUT2D eigenvalue weighted by Crippen LogP contribution is -1.94. The highest BCUT2D eigenvalue weighted by Gasteiger charge is 2.18. The first-order chi connectivity index (χ1) is 13.4. The summed E-state index contributed by atoms with van der Waals surface area (Å²) >= 11 is 1.78. The van der Waals surface area contributed by atoms with Crippen LogP contribution in [0.25, 0.3) is 22.3 Å². The molecule has 0 saturated heterocycles. The molecule has 132 valence electrons. The molecule has 0 aliphatic heterocycles. The zero-order chi connectivity index (χ0) is 18.5. The molecule has 27 heavy (non-hydrogen) atoms. The minimum atomic E-state index is 0.887. The first-order valence-electron chi connectivity index (χ1n) is 8.91. The van der Waals surface area contributed by atoms with E-state index in [2.05, 4.69) is 91.0 Å². The Kier molecular flexibility index (Phi) is 5.27. The second-order valence-electron chi connectivity index (χ2n) is 6.16. The van der Waals surface area contributed by atoms with E-state index in [1.54, 1.807) is 18.9 Å². The van der Waals surface area contributed by atoms with Crippen LogP contribution in [0.3, 0.4) is 0 Å². The van der Waals surface area contributed by atoms with Crippen molar-refractivity contribution >= 4 is 11.8 Å². The summed E-state index contributed by atoms with van der Waals surface area (Å²) in [5.74, 6) is 0.887. The summed E-state index contributed by atoms with van der Waals surface area (Å²) in [6, 6.07) is 35.7. The van der Waals surface area contributed by atoms with Crippen LogP contribution in [0.4, 0.5) is 0 Å². The Morgan fingerprint density at radius 2 is 1.07 bits per heavy atom. The Morgan fingerprint density at radius 1 is 0.556 bits per heavy atom. The van der Waals surface area contributed by atoms with Crippen LogP contribution in [0.2, 0.25) is 0 Å². The van der Waals surface area contributed by atoms with Crippen LogP contribution in [0.1, 0.15) is 0 Å². The monoisotopic (exact) mass is 368 g/mol. The van der Waals surface area contributed by atoms with Crippen molar-refractivity contribution in [2.24, 2.45) is 0 Å². The van der Waals surface area contributed by atoms with Crippen molar-refractivity contribution in [2.75, 3.05) is 7.11 Å². The fourth-order valence-electron chi connectivity index (χ4n) is 3.22. The first kappa shape index (κ1) is 17.4. The number of hydrogen-bond acceptors (Lipinski definition) is 2. The fourth-order valence-corrected chi connectivity index (χ4v) is 4.22. The van der Waals surface area contributed by atoms with Crippen LogP contribution in [-0.4, -0.2) is 7.11 Å². The van der Waals surface area contributed by atoms with Gasteiger partial charge in [0.25, 0.3) is 0 Å². The Balaban J connectivity index is 1.97. The lowest BCUT2D eigenvalue weighted by atomic mass is 9.93. The van der Waals surface area contributed by atoms with E-state index < -0.39 is 0 Å². The van der Waals surface area contributed by atoms with Gasteiger partial charge in [0.2, 0.25) is 0 Å². The average molecular weight is 369 g/mol. The fraction of sp³-hybridized carbons (Fsp3) is 0.0400.